The van der Waals surface area contributed by atoms with E-state index in [1.807, 2.05) is 0 Å². The summed E-state index contributed by atoms with van der Waals surface area (Å²) in [5.41, 5.74) is 5.27. The zero-order valence-corrected chi connectivity index (χ0v) is 11.1. The number of benzene rings is 1. The molecule has 0 saturated heterocycles. The van der Waals surface area contributed by atoms with E-state index in [1.54, 1.807) is 18.2 Å². The van der Waals surface area contributed by atoms with Crippen LogP contribution in [0, 0.1) is 0 Å². The maximum atomic E-state index is 11.7. The molecule has 1 rings (SSSR count). The Labute approximate surface area is 108 Å². The van der Waals surface area contributed by atoms with Crippen LogP contribution in [-0.4, -0.2) is 22.1 Å². The third-order valence-corrected chi connectivity index (χ3v) is 3.48. The SMILES string of the molecule is COc1ccc(S(=O)(=O)/C=C/CCN)cc1.Cl. The Balaban J connectivity index is 0.00000256. The number of rotatable bonds is 5. The van der Waals surface area contributed by atoms with E-state index in [0.717, 1.165) is 0 Å². The number of hydrogen-bond donors (Lipinski definition) is 1. The standard InChI is InChI=1S/C11H15NO3S.ClH/c1-15-10-4-6-11(7-5-10)16(13,14)9-3-2-8-12;/h3-7,9H,2,8,12H2,1H3;1H/b9-3+;. The van der Waals surface area contributed by atoms with Gasteiger partial charge in [0.2, 0.25) is 0 Å². The monoisotopic (exact) mass is 277 g/mol. The molecule has 0 saturated carbocycles. The molecule has 0 radical (unpaired) electrons. The summed E-state index contributed by atoms with van der Waals surface area (Å²) in [4.78, 5) is 0.251. The summed E-state index contributed by atoms with van der Waals surface area (Å²) in [7, 11) is -1.82. The van der Waals surface area contributed by atoms with Crippen LogP contribution in [-0.2, 0) is 9.84 Å². The predicted octanol–water partition coefficient (Wildman–Crippen LogP) is 1.75. The lowest BCUT2D eigenvalue weighted by atomic mass is 10.3. The Hall–Kier alpha value is -1.04. The van der Waals surface area contributed by atoms with Crippen molar-refractivity contribution >= 4 is 22.2 Å². The molecule has 0 aliphatic rings. The van der Waals surface area contributed by atoms with Gasteiger partial charge in [0, 0.05) is 5.41 Å². The van der Waals surface area contributed by atoms with Gasteiger partial charge in [0.1, 0.15) is 5.75 Å². The van der Waals surface area contributed by atoms with Gasteiger partial charge >= 0.3 is 0 Å². The molecule has 0 aliphatic carbocycles. The van der Waals surface area contributed by atoms with Crippen molar-refractivity contribution in [3.05, 3.63) is 35.7 Å². The molecule has 0 unspecified atom stereocenters. The van der Waals surface area contributed by atoms with Crippen LogP contribution in [0.3, 0.4) is 0 Å². The highest BCUT2D eigenvalue weighted by Crippen LogP contribution is 2.17. The van der Waals surface area contributed by atoms with Crippen molar-refractivity contribution in [2.45, 2.75) is 11.3 Å². The summed E-state index contributed by atoms with van der Waals surface area (Å²) in [6.45, 7) is 0.439. The van der Waals surface area contributed by atoms with Crippen molar-refractivity contribution in [3.63, 3.8) is 0 Å². The summed E-state index contributed by atoms with van der Waals surface area (Å²) >= 11 is 0. The zero-order valence-electron chi connectivity index (χ0n) is 9.50. The number of sulfone groups is 1. The molecule has 0 bridgehead atoms. The molecule has 2 N–H and O–H groups in total. The normalized spacial score (nSPS) is 11.2. The number of nitrogens with two attached hydrogens (primary N) is 1. The van der Waals surface area contributed by atoms with E-state index in [4.69, 9.17) is 10.5 Å². The van der Waals surface area contributed by atoms with Gasteiger partial charge in [-0.2, -0.15) is 0 Å². The maximum absolute atomic E-state index is 11.7. The first-order valence-electron chi connectivity index (χ1n) is 4.86. The van der Waals surface area contributed by atoms with Gasteiger partial charge in [-0.15, -0.1) is 12.4 Å². The van der Waals surface area contributed by atoms with Gasteiger partial charge in [0.25, 0.3) is 0 Å². The van der Waals surface area contributed by atoms with Crippen molar-refractivity contribution in [1.82, 2.24) is 0 Å². The van der Waals surface area contributed by atoms with Crippen LogP contribution in [0.15, 0.2) is 40.6 Å². The van der Waals surface area contributed by atoms with Crippen LogP contribution in [0.4, 0.5) is 0 Å². The highest BCUT2D eigenvalue weighted by atomic mass is 35.5. The van der Waals surface area contributed by atoms with E-state index in [9.17, 15) is 8.42 Å². The van der Waals surface area contributed by atoms with Gasteiger partial charge in [-0.25, -0.2) is 8.42 Å². The van der Waals surface area contributed by atoms with Crippen LogP contribution in [0.1, 0.15) is 6.42 Å². The van der Waals surface area contributed by atoms with Gasteiger partial charge in [-0.05, 0) is 37.2 Å². The first kappa shape index (κ1) is 16.0. The van der Waals surface area contributed by atoms with Crippen molar-refractivity contribution in [2.24, 2.45) is 5.73 Å². The van der Waals surface area contributed by atoms with Gasteiger partial charge in [-0.1, -0.05) is 6.08 Å². The van der Waals surface area contributed by atoms with E-state index in [1.165, 1.54) is 24.7 Å². The van der Waals surface area contributed by atoms with Crippen molar-refractivity contribution < 1.29 is 13.2 Å². The molecule has 0 aliphatic heterocycles. The first-order chi connectivity index (χ1) is 7.60. The first-order valence-corrected chi connectivity index (χ1v) is 6.40. The maximum Gasteiger partial charge on any atom is 0.199 e. The number of halogens is 1. The minimum atomic E-state index is -3.35. The molecule has 4 nitrogen and oxygen atoms in total. The quantitative estimate of drug-likeness (QED) is 0.890. The van der Waals surface area contributed by atoms with Crippen molar-refractivity contribution in [2.75, 3.05) is 13.7 Å². The minimum absolute atomic E-state index is 0. The molecule has 17 heavy (non-hydrogen) atoms. The second kappa shape index (κ2) is 7.32. The van der Waals surface area contributed by atoms with Gasteiger partial charge < -0.3 is 10.5 Å². The zero-order chi connectivity index (χ0) is 12.0. The molecule has 0 spiro atoms. The van der Waals surface area contributed by atoms with Crippen LogP contribution < -0.4 is 10.5 Å². The lowest BCUT2D eigenvalue weighted by Gasteiger charge is -2.01. The Kier molecular flexibility index (Phi) is 6.87. The van der Waals surface area contributed by atoms with Crippen LogP contribution in [0.25, 0.3) is 0 Å². The van der Waals surface area contributed by atoms with Gasteiger partial charge in [-0.3, -0.25) is 0 Å². The molecule has 96 valence electrons. The lowest BCUT2D eigenvalue weighted by Crippen LogP contribution is -1.98. The Bertz CT molecular complexity index is 454. The van der Waals surface area contributed by atoms with Gasteiger partial charge in [0.15, 0.2) is 9.84 Å². The fourth-order valence-electron chi connectivity index (χ4n) is 1.13. The lowest BCUT2D eigenvalue weighted by molar-refractivity contribution is 0.414. The fourth-order valence-corrected chi connectivity index (χ4v) is 2.20. The minimum Gasteiger partial charge on any atom is -0.497 e. The molecule has 1 aromatic carbocycles. The smallest absolute Gasteiger partial charge is 0.199 e. The summed E-state index contributed by atoms with van der Waals surface area (Å²) in [5.74, 6) is 0.630. The Morgan fingerprint density at radius 3 is 2.35 bits per heavy atom. The molecule has 6 heteroatoms. The van der Waals surface area contributed by atoms with Crippen LogP contribution in [0.5, 0.6) is 5.75 Å². The topological polar surface area (TPSA) is 69.4 Å². The van der Waals surface area contributed by atoms with Crippen LogP contribution >= 0.6 is 12.4 Å². The van der Waals surface area contributed by atoms with E-state index in [2.05, 4.69) is 0 Å². The van der Waals surface area contributed by atoms with E-state index >= 15 is 0 Å². The molecule has 0 heterocycles. The second-order valence-electron chi connectivity index (χ2n) is 3.17. The molecular formula is C11H16ClNO3S. The highest BCUT2D eigenvalue weighted by Gasteiger charge is 2.09. The molecule has 0 fully saturated rings. The number of ether oxygens (including phenoxy) is 1. The number of methoxy groups -OCH3 is 1. The summed E-state index contributed by atoms with van der Waals surface area (Å²) in [6.07, 6.45) is 2.11. The highest BCUT2D eigenvalue weighted by molar-refractivity contribution is 7.94. The van der Waals surface area contributed by atoms with Crippen molar-refractivity contribution in [3.8, 4) is 5.75 Å². The average Bonchev–Trinajstić information content (AvgIpc) is 2.29. The molecule has 0 amide bonds. The van der Waals surface area contributed by atoms with E-state index < -0.39 is 9.84 Å². The second-order valence-corrected chi connectivity index (χ2v) is 5.00. The molecule has 0 atom stereocenters. The summed E-state index contributed by atoms with van der Waals surface area (Å²) in [6, 6.07) is 6.26. The average molecular weight is 278 g/mol. The van der Waals surface area contributed by atoms with Crippen molar-refractivity contribution in [1.29, 1.82) is 0 Å². The Morgan fingerprint density at radius 2 is 1.88 bits per heavy atom. The van der Waals surface area contributed by atoms with E-state index in [-0.39, 0.29) is 17.3 Å². The fraction of sp³-hybridized carbons (Fsp3) is 0.273. The summed E-state index contributed by atoms with van der Waals surface area (Å²) in [5, 5.41) is 1.18. The Morgan fingerprint density at radius 1 is 1.29 bits per heavy atom. The molecular weight excluding hydrogens is 262 g/mol. The van der Waals surface area contributed by atoms with E-state index in [0.29, 0.717) is 18.7 Å². The third kappa shape index (κ3) is 4.77. The molecule has 0 aromatic heterocycles. The molecule has 1 aromatic rings. The third-order valence-electron chi connectivity index (χ3n) is 2.00. The van der Waals surface area contributed by atoms with Gasteiger partial charge in [0.05, 0.1) is 12.0 Å². The number of hydrogen-bond acceptors (Lipinski definition) is 4. The summed E-state index contributed by atoms with van der Waals surface area (Å²) < 4.78 is 28.4. The predicted molar refractivity (Wildman–Crippen MR) is 70.2 cm³/mol. The largest absolute Gasteiger partial charge is 0.497 e. The van der Waals surface area contributed by atoms with Crippen LogP contribution in [0.2, 0.25) is 0 Å².